The molecule has 1 aliphatic heterocycles. The van der Waals surface area contributed by atoms with Crippen molar-refractivity contribution in [2.45, 2.75) is 19.3 Å². The van der Waals surface area contributed by atoms with Gasteiger partial charge in [0.1, 0.15) is 0 Å². The highest BCUT2D eigenvalue weighted by Crippen LogP contribution is 2.44. The molecule has 1 aliphatic rings. The van der Waals surface area contributed by atoms with E-state index < -0.39 is 5.97 Å². The molecule has 6 nitrogen and oxygen atoms in total. The Morgan fingerprint density at radius 2 is 1.90 bits per heavy atom. The molecule has 20 heavy (non-hydrogen) atoms. The van der Waals surface area contributed by atoms with E-state index in [4.69, 9.17) is 14.6 Å². The predicted octanol–water partition coefficient (Wildman–Crippen LogP) is 1.63. The molecule has 1 atom stereocenters. The van der Waals surface area contributed by atoms with E-state index in [0.717, 1.165) is 5.56 Å². The van der Waals surface area contributed by atoms with Gasteiger partial charge < -0.3 is 19.5 Å². The number of rotatable bonds is 4. The first-order valence-corrected chi connectivity index (χ1v) is 6.23. The molecule has 0 saturated carbocycles. The number of carbonyl (C=O) groups is 2. The average Bonchev–Trinajstić information content (AvgIpc) is 2.74. The summed E-state index contributed by atoms with van der Waals surface area (Å²) in [5.74, 6) is -0.181. The van der Waals surface area contributed by atoms with Crippen LogP contribution in [0.3, 0.4) is 0 Å². The monoisotopic (exact) mass is 279 g/mol. The van der Waals surface area contributed by atoms with E-state index in [1.165, 1.54) is 21.1 Å². The molecule has 6 heteroatoms. The van der Waals surface area contributed by atoms with Crippen LogP contribution in [-0.4, -0.2) is 37.7 Å². The number of hydrogen-bond acceptors (Lipinski definition) is 4. The Kier molecular flexibility index (Phi) is 3.83. The van der Waals surface area contributed by atoms with Crippen LogP contribution in [0.25, 0.3) is 0 Å². The maximum Gasteiger partial charge on any atom is 0.304 e. The fourth-order valence-electron chi connectivity index (χ4n) is 2.55. The first kappa shape index (κ1) is 14.2. The van der Waals surface area contributed by atoms with Crippen LogP contribution in [0.5, 0.6) is 11.5 Å². The Bertz CT molecular complexity index is 555. The molecule has 0 aliphatic carbocycles. The molecule has 1 heterocycles. The summed E-state index contributed by atoms with van der Waals surface area (Å²) in [5, 5.41) is 8.99. The summed E-state index contributed by atoms with van der Waals surface area (Å²) in [6.07, 6.45) is -0.0216. The summed E-state index contributed by atoms with van der Waals surface area (Å²) in [5.41, 5.74) is 1.50. The summed E-state index contributed by atoms with van der Waals surface area (Å²) in [6, 6.07) is 3.47. The van der Waals surface area contributed by atoms with Crippen molar-refractivity contribution in [3.63, 3.8) is 0 Å². The molecule has 0 radical (unpaired) electrons. The van der Waals surface area contributed by atoms with Crippen LogP contribution in [-0.2, 0) is 9.59 Å². The van der Waals surface area contributed by atoms with E-state index in [-0.39, 0.29) is 18.2 Å². The number of aliphatic carboxylic acids is 1. The van der Waals surface area contributed by atoms with Gasteiger partial charge in [0.2, 0.25) is 5.91 Å². The van der Waals surface area contributed by atoms with Crippen LogP contribution in [0.2, 0.25) is 0 Å². The molecule has 108 valence electrons. The van der Waals surface area contributed by atoms with Gasteiger partial charge in [0.05, 0.1) is 26.3 Å². The number of anilines is 1. The van der Waals surface area contributed by atoms with Crippen LogP contribution in [0, 0.1) is 0 Å². The Morgan fingerprint density at radius 1 is 1.30 bits per heavy atom. The molecule has 0 aromatic heterocycles. The number of nitrogens with zero attached hydrogens (tertiary/aromatic N) is 1. The van der Waals surface area contributed by atoms with E-state index in [1.54, 1.807) is 17.0 Å². The van der Waals surface area contributed by atoms with E-state index in [1.807, 2.05) is 0 Å². The highest BCUT2D eigenvalue weighted by Gasteiger charge is 2.33. The number of hydrogen-bond donors (Lipinski definition) is 1. The molecule has 0 spiro atoms. The minimum Gasteiger partial charge on any atom is -0.493 e. The maximum absolute atomic E-state index is 11.7. The fourth-order valence-corrected chi connectivity index (χ4v) is 2.55. The molecule has 0 fully saturated rings. The molecule has 0 bridgehead atoms. The lowest BCUT2D eigenvalue weighted by Gasteiger charge is -2.16. The van der Waals surface area contributed by atoms with Gasteiger partial charge in [-0.15, -0.1) is 0 Å². The zero-order valence-corrected chi connectivity index (χ0v) is 11.7. The van der Waals surface area contributed by atoms with Crippen LogP contribution < -0.4 is 14.4 Å². The second-order valence-corrected chi connectivity index (χ2v) is 4.69. The fraction of sp³-hybridized carbons (Fsp3) is 0.429. The van der Waals surface area contributed by atoms with Crippen molar-refractivity contribution < 1.29 is 24.2 Å². The summed E-state index contributed by atoms with van der Waals surface area (Å²) >= 11 is 0. The Balaban J connectivity index is 2.51. The first-order valence-electron chi connectivity index (χ1n) is 6.23. The van der Waals surface area contributed by atoms with Crippen molar-refractivity contribution in [2.24, 2.45) is 0 Å². The molecular weight excluding hydrogens is 262 g/mol. The Hall–Kier alpha value is -2.24. The molecule has 1 aromatic rings. The Labute approximate surface area is 116 Å². The lowest BCUT2D eigenvalue weighted by molar-refractivity contribution is -0.137. The highest BCUT2D eigenvalue weighted by atomic mass is 16.5. The SMILES string of the molecule is COc1cc2c(cc1OC)N(C(C)=O)CC2CC(=O)O. The lowest BCUT2D eigenvalue weighted by Crippen LogP contribution is -2.27. The third-order valence-electron chi connectivity index (χ3n) is 3.47. The number of methoxy groups -OCH3 is 2. The van der Waals surface area contributed by atoms with Gasteiger partial charge >= 0.3 is 5.97 Å². The standard InChI is InChI=1S/C14H17NO5/c1-8(16)15-7-9(4-14(17)18)10-5-12(19-2)13(20-3)6-11(10)15/h5-6,9H,4,7H2,1-3H3,(H,17,18). The quantitative estimate of drug-likeness (QED) is 0.906. The maximum atomic E-state index is 11.7. The second kappa shape index (κ2) is 5.40. The van der Waals surface area contributed by atoms with Crippen LogP contribution in [0.15, 0.2) is 12.1 Å². The molecule has 1 unspecified atom stereocenters. The van der Waals surface area contributed by atoms with Crippen molar-refractivity contribution >= 4 is 17.6 Å². The summed E-state index contributed by atoms with van der Waals surface area (Å²) in [4.78, 5) is 24.2. The number of carboxylic acids is 1. The van der Waals surface area contributed by atoms with Crippen molar-refractivity contribution in [1.82, 2.24) is 0 Å². The topological polar surface area (TPSA) is 76.1 Å². The number of carboxylic acid groups (broad SMARTS) is 1. The van der Waals surface area contributed by atoms with Crippen LogP contribution in [0.4, 0.5) is 5.69 Å². The second-order valence-electron chi connectivity index (χ2n) is 4.69. The van der Waals surface area contributed by atoms with Crippen LogP contribution >= 0.6 is 0 Å². The minimum absolute atomic E-state index is 0.0216. The molecular formula is C14H17NO5. The van der Waals surface area contributed by atoms with E-state index in [0.29, 0.717) is 23.7 Å². The van der Waals surface area contributed by atoms with Crippen molar-refractivity contribution in [1.29, 1.82) is 0 Å². The summed E-state index contributed by atoms with van der Waals surface area (Å²) in [6.45, 7) is 1.83. The zero-order valence-electron chi connectivity index (χ0n) is 11.7. The molecule has 1 amide bonds. The van der Waals surface area contributed by atoms with Crippen molar-refractivity contribution in [2.75, 3.05) is 25.7 Å². The van der Waals surface area contributed by atoms with Crippen molar-refractivity contribution in [3.05, 3.63) is 17.7 Å². The third kappa shape index (κ3) is 2.41. The largest absolute Gasteiger partial charge is 0.493 e. The first-order chi connectivity index (χ1) is 9.47. The van der Waals surface area contributed by atoms with Gasteiger partial charge in [-0.2, -0.15) is 0 Å². The number of benzene rings is 1. The summed E-state index contributed by atoms with van der Waals surface area (Å²) in [7, 11) is 3.04. The number of fused-ring (bicyclic) bond motifs is 1. The smallest absolute Gasteiger partial charge is 0.304 e. The third-order valence-corrected chi connectivity index (χ3v) is 3.47. The normalized spacial score (nSPS) is 16.8. The van der Waals surface area contributed by atoms with E-state index in [2.05, 4.69) is 0 Å². The molecule has 1 N–H and O–H groups in total. The minimum atomic E-state index is -0.888. The Morgan fingerprint density at radius 3 is 2.40 bits per heavy atom. The highest BCUT2D eigenvalue weighted by molar-refractivity contribution is 5.95. The zero-order chi connectivity index (χ0) is 14.9. The lowest BCUT2D eigenvalue weighted by atomic mass is 9.97. The van der Waals surface area contributed by atoms with Gasteiger partial charge in [0, 0.05) is 25.5 Å². The predicted molar refractivity (Wildman–Crippen MR) is 72.6 cm³/mol. The molecule has 2 rings (SSSR count). The molecule has 1 aromatic carbocycles. The molecule has 0 saturated heterocycles. The van der Waals surface area contributed by atoms with Crippen molar-refractivity contribution in [3.8, 4) is 11.5 Å². The van der Waals surface area contributed by atoms with Gasteiger partial charge in [-0.1, -0.05) is 0 Å². The number of amides is 1. The van der Waals surface area contributed by atoms with Gasteiger partial charge in [0.15, 0.2) is 11.5 Å². The number of ether oxygens (including phenoxy) is 2. The van der Waals surface area contributed by atoms with Crippen LogP contribution in [0.1, 0.15) is 24.8 Å². The van der Waals surface area contributed by atoms with Gasteiger partial charge in [-0.25, -0.2) is 0 Å². The van der Waals surface area contributed by atoms with Gasteiger partial charge in [0.25, 0.3) is 0 Å². The summed E-state index contributed by atoms with van der Waals surface area (Å²) < 4.78 is 10.5. The average molecular weight is 279 g/mol. The van der Waals surface area contributed by atoms with E-state index >= 15 is 0 Å². The van der Waals surface area contributed by atoms with E-state index in [9.17, 15) is 9.59 Å². The van der Waals surface area contributed by atoms with Gasteiger partial charge in [-0.3, -0.25) is 9.59 Å². The van der Waals surface area contributed by atoms with Gasteiger partial charge in [-0.05, 0) is 11.6 Å². The number of carbonyl (C=O) groups excluding carboxylic acids is 1.